The van der Waals surface area contributed by atoms with Crippen LogP contribution in [0.3, 0.4) is 0 Å². The van der Waals surface area contributed by atoms with Crippen molar-refractivity contribution in [2.24, 2.45) is 0 Å². The van der Waals surface area contributed by atoms with Crippen molar-refractivity contribution in [1.82, 2.24) is 19.4 Å². The maximum atomic E-state index is 13.3. The summed E-state index contributed by atoms with van der Waals surface area (Å²) in [6.45, 7) is 7.16. The van der Waals surface area contributed by atoms with Crippen LogP contribution in [-0.2, 0) is 19.5 Å². The molecule has 2 aliphatic rings. The van der Waals surface area contributed by atoms with Crippen molar-refractivity contribution in [2.75, 3.05) is 58.3 Å². The maximum Gasteiger partial charge on any atom is 0.262 e. The SMILES string of the molecule is COc1ccc(-c2ccccc2)cc1N1CCN(CCn2cnc3sc4c(c3c2=O)CCN(C)C4)CC1.O. The molecular weight excluding hydrogens is 498 g/mol. The predicted octanol–water partition coefficient (Wildman–Crippen LogP) is 3.12. The minimum Gasteiger partial charge on any atom is -0.495 e. The molecule has 2 N–H and O–H groups in total. The zero-order valence-corrected chi connectivity index (χ0v) is 22.8. The zero-order valence-electron chi connectivity index (χ0n) is 22.0. The van der Waals surface area contributed by atoms with Gasteiger partial charge in [0.25, 0.3) is 5.56 Å². The van der Waals surface area contributed by atoms with E-state index in [2.05, 4.69) is 69.2 Å². The lowest BCUT2D eigenvalue weighted by Crippen LogP contribution is -2.47. The molecule has 4 aromatic rings. The van der Waals surface area contributed by atoms with E-state index >= 15 is 0 Å². The second kappa shape index (κ2) is 11.2. The van der Waals surface area contributed by atoms with Crippen LogP contribution in [-0.4, -0.2) is 78.3 Å². The average molecular weight is 534 g/mol. The number of rotatable bonds is 6. The number of fused-ring (bicyclic) bond motifs is 3. The number of benzene rings is 2. The number of likely N-dealkylation sites (N-methyl/N-ethyl adjacent to an activating group) is 1. The van der Waals surface area contributed by atoms with E-state index in [4.69, 9.17) is 4.74 Å². The first-order valence-corrected chi connectivity index (χ1v) is 13.8. The summed E-state index contributed by atoms with van der Waals surface area (Å²) in [5.74, 6) is 0.907. The summed E-state index contributed by atoms with van der Waals surface area (Å²) in [4.78, 5) is 27.4. The normalized spacial score (nSPS) is 16.3. The molecule has 1 fully saturated rings. The van der Waals surface area contributed by atoms with Crippen LogP contribution in [0.25, 0.3) is 21.3 Å². The summed E-state index contributed by atoms with van der Waals surface area (Å²) in [6, 6.07) is 16.9. The van der Waals surface area contributed by atoms with Gasteiger partial charge in [-0.2, -0.15) is 0 Å². The van der Waals surface area contributed by atoms with Crippen LogP contribution in [0.2, 0.25) is 0 Å². The van der Waals surface area contributed by atoms with Gasteiger partial charge in [-0.1, -0.05) is 36.4 Å². The van der Waals surface area contributed by atoms with Gasteiger partial charge in [0, 0.05) is 57.2 Å². The van der Waals surface area contributed by atoms with Crippen molar-refractivity contribution in [3.8, 4) is 16.9 Å². The molecule has 0 bridgehead atoms. The minimum atomic E-state index is 0. The molecular formula is C29H35N5O3S. The summed E-state index contributed by atoms with van der Waals surface area (Å²) in [5, 5.41) is 0.853. The number of thiophene rings is 1. The number of piperazine rings is 1. The standard InChI is InChI=1S/C29H33N5O2S.H2O/c1-31-11-10-23-26(19-31)37-28-27(23)29(35)34(20-30-28)17-14-32-12-15-33(16-13-32)24-18-22(8-9-25(24)36-2)21-6-4-3-5-7-21;/h3-9,18,20H,10-17,19H2,1-2H3;1H2. The highest BCUT2D eigenvalue weighted by Crippen LogP contribution is 2.34. The Kier molecular flexibility index (Phi) is 7.80. The molecule has 8 nitrogen and oxygen atoms in total. The molecule has 0 saturated carbocycles. The van der Waals surface area contributed by atoms with E-state index < -0.39 is 0 Å². The topological polar surface area (TPSA) is 85.3 Å². The summed E-state index contributed by atoms with van der Waals surface area (Å²) in [5.41, 5.74) is 4.89. The Morgan fingerprint density at radius 2 is 1.76 bits per heavy atom. The maximum absolute atomic E-state index is 13.3. The van der Waals surface area contributed by atoms with Gasteiger partial charge in [-0.25, -0.2) is 4.98 Å². The molecule has 1 saturated heterocycles. The molecule has 2 aromatic heterocycles. The number of ether oxygens (including phenoxy) is 1. The van der Waals surface area contributed by atoms with E-state index in [0.717, 1.165) is 73.9 Å². The van der Waals surface area contributed by atoms with Crippen molar-refractivity contribution < 1.29 is 10.2 Å². The fraction of sp³-hybridized carbons (Fsp3) is 0.379. The van der Waals surface area contributed by atoms with Gasteiger partial charge in [-0.05, 0) is 42.3 Å². The van der Waals surface area contributed by atoms with Gasteiger partial charge in [0.15, 0.2) is 0 Å². The number of hydrogen-bond acceptors (Lipinski definition) is 7. The van der Waals surface area contributed by atoms with Gasteiger partial charge >= 0.3 is 0 Å². The lowest BCUT2D eigenvalue weighted by Gasteiger charge is -2.36. The van der Waals surface area contributed by atoms with Crippen molar-refractivity contribution in [1.29, 1.82) is 0 Å². The molecule has 9 heteroatoms. The Balaban J connectivity index is 0.00000294. The summed E-state index contributed by atoms with van der Waals surface area (Å²) >= 11 is 1.68. The third-order valence-electron chi connectivity index (χ3n) is 7.67. The Morgan fingerprint density at radius 1 is 0.974 bits per heavy atom. The van der Waals surface area contributed by atoms with Crippen LogP contribution in [0.5, 0.6) is 5.75 Å². The minimum absolute atomic E-state index is 0. The zero-order chi connectivity index (χ0) is 25.4. The third-order valence-corrected chi connectivity index (χ3v) is 8.80. The second-order valence-corrected chi connectivity index (χ2v) is 11.1. The van der Waals surface area contributed by atoms with E-state index in [-0.39, 0.29) is 11.0 Å². The van der Waals surface area contributed by atoms with E-state index in [9.17, 15) is 4.79 Å². The molecule has 200 valence electrons. The predicted molar refractivity (Wildman–Crippen MR) is 155 cm³/mol. The van der Waals surface area contributed by atoms with Crippen molar-refractivity contribution in [3.63, 3.8) is 0 Å². The molecule has 2 aromatic carbocycles. The quantitative estimate of drug-likeness (QED) is 0.379. The van der Waals surface area contributed by atoms with E-state index in [1.54, 1.807) is 24.8 Å². The molecule has 0 radical (unpaired) electrons. The summed E-state index contributed by atoms with van der Waals surface area (Å²) in [7, 11) is 3.87. The first kappa shape index (κ1) is 26.4. The Hall–Kier alpha value is -3.24. The van der Waals surface area contributed by atoms with Crippen LogP contribution in [0.1, 0.15) is 10.4 Å². The first-order valence-electron chi connectivity index (χ1n) is 13.0. The third kappa shape index (κ3) is 5.07. The van der Waals surface area contributed by atoms with Gasteiger partial charge in [0.2, 0.25) is 0 Å². The fourth-order valence-electron chi connectivity index (χ4n) is 5.51. The van der Waals surface area contributed by atoms with Crippen molar-refractivity contribution in [3.05, 3.63) is 75.7 Å². The Labute approximate surface area is 227 Å². The molecule has 0 aliphatic carbocycles. The lowest BCUT2D eigenvalue weighted by atomic mass is 10.0. The van der Waals surface area contributed by atoms with Gasteiger partial charge in [-0.3, -0.25) is 14.3 Å². The van der Waals surface area contributed by atoms with Gasteiger partial charge in [0.1, 0.15) is 10.6 Å². The highest BCUT2D eigenvalue weighted by Gasteiger charge is 2.23. The summed E-state index contributed by atoms with van der Waals surface area (Å²) < 4.78 is 7.52. The van der Waals surface area contributed by atoms with Crippen LogP contribution in [0.4, 0.5) is 5.69 Å². The smallest absolute Gasteiger partial charge is 0.262 e. The van der Waals surface area contributed by atoms with Crippen molar-refractivity contribution in [2.45, 2.75) is 19.5 Å². The number of methoxy groups -OCH3 is 1. The number of nitrogens with zero attached hydrogens (tertiary/aromatic N) is 5. The second-order valence-electron chi connectivity index (χ2n) is 10.00. The lowest BCUT2D eigenvalue weighted by molar-refractivity contribution is 0.246. The number of hydrogen-bond donors (Lipinski definition) is 0. The molecule has 4 heterocycles. The van der Waals surface area contributed by atoms with Crippen molar-refractivity contribution >= 4 is 27.2 Å². The first-order chi connectivity index (χ1) is 18.1. The van der Waals surface area contributed by atoms with Gasteiger partial charge < -0.3 is 20.0 Å². The number of anilines is 1. The molecule has 0 atom stereocenters. The van der Waals surface area contributed by atoms with Gasteiger partial charge in [-0.15, -0.1) is 11.3 Å². The largest absolute Gasteiger partial charge is 0.495 e. The molecule has 0 amide bonds. The summed E-state index contributed by atoms with van der Waals surface area (Å²) in [6.07, 6.45) is 2.68. The molecule has 6 rings (SSSR count). The fourth-order valence-corrected chi connectivity index (χ4v) is 6.77. The van der Waals surface area contributed by atoms with Crippen LogP contribution < -0.4 is 15.2 Å². The average Bonchev–Trinajstić information content (AvgIpc) is 3.31. The highest BCUT2D eigenvalue weighted by molar-refractivity contribution is 7.18. The molecule has 0 unspecified atom stereocenters. The van der Waals surface area contributed by atoms with E-state index in [1.165, 1.54) is 21.6 Å². The highest BCUT2D eigenvalue weighted by atomic mass is 32.1. The number of aromatic nitrogens is 2. The Bertz CT molecular complexity index is 1460. The monoisotopic (exact) mass is 533 g/mol. The molecule has 38 heavy (non-hydrogen) atoms. The van der Waals surface area contributed by atoms with E-state index in [0.29, 0.717) is 6.54 Å². The van der Waals surface area contributed by atoms with E-state index in [1.807, 2.05) is 10.6 Å². The van der Waals surface area contributed by atoms with Gasteiger partial charge in [0.05, 0.1) is 24.5 Å². The van der Waals surface area contributed by atoms with Crippen LogP contribution >= 0.6 is 11.3 Å². The molecule has 2 aliphatic heterocycles. The molecule has 0 spiro atoms. The Morgan fingerprint density at radius 3 is 2.53 bits per heavy atom. The van der Waals surface area contributed by atoms with Crippen LogP contribution in [0.15, 0.2) is 59.7 Å². The van der Waals surface area contributed by atoms with Crippen LogP contribution in [0, 0.1) is 0 Å².